The highest BCUT2D eigenvalue weighted by atomic mass is 16.6. The number of benzene rings is 2. The first kappa shape index (κ1) is 18.7. The SMILES string of the molecule is C=C1C(=O)O[C@H]2c3c(C)c(OCc4cnn(-c5ccccc5)c4)cc(C)c3CC[C@@H]12. The van der Waals surface area contributed by atoms with Crippen LogP contribution in [0.15, 0.2) is 60.9 Å². The van der Waals surface area contributed by atoms with E-state index in [0.29, 0.717) is 12.2 Å². The number of ether oxygens (including phenoxy) is 2. The Morgan fingerprint density at radius 1 is 1.27 bits per heavy atom. The third-order valence-corrected chi connectivity index (χ3v) is 6.27. The summed E-state index contributed by atoms with van der Waals surface area (Å²) in [7, 11) is 0. The van der Waals surface area contributed by atoms with Crippen LogP contribution < -0.4 is 4.74 Å². The predicted octanol–water partition coefficient (Wildman–Crippen LogP) is 4.78. The van der Waals surface area contributed by atoms with Gasteiger partial charge in [-0.3, -0.25) is 0 Å². The number of nitrogens with zero attached hydrogens (tertiary/aromatic N) is 2. The number of carbonyl (C=O) groups excluding carboxylic acids is 1. The zero-order valence-corrected chi connectivity index (χ0v) is 17.2. The molecule has 5 nitrogen and oxygen atoms in total. The molecule has 2 atom stereocenters. The molecule has 0 saturated carbocycles. The zero-order valence-electron chi connectivity index (χ0n) is 17.2. The van der Waals surface area contributed by atoms with Crippen molar-refractivity contribution in [3.8, 4) is 11.4 Å². The fourth-order valence-corrected chi connectivity index (χ4v) is 4.64. The van der Waals surface area contributed by atoms with Gasteiger partial charge in [-0.15, -0.1) is 0 Å². The van der Waals surface area contributed by atoms with Gasteiger partial charge >= 0.3 is 5.97 Å². The molecule has 0 bridgehead atoms. The molecule has 0 amide bonds. The van der Waals surface area contributed by atoms with Gasteiger partial charge in [0, 0.05) is 28.8 Å². The van der Waals surface area contributed by atoms with Crippen LogP contribution in [0.4, 0.5) is 0 Å². The Labute approximate surface area is 175 Å². The second-order valence-corrected chi connectivity index (χ2v) is 8.12. The number of hydrogen-bond acceptors (Lipinski definition) is 4. The van der Waals surface area contributed by atoms with Crippen molar-refractivity contribution in [3.05, 3.63) is 88.8 Å². The van der Waals surface area contributed by atoms with E-state index in [2.05, 4.69) is 31.6 Å². The summed E-state index contributed by atoms with van der Waals surface area (Å²) in [5, 5.41) is 4.44. The van der Waals surface area contributed by atoms with Crippen LogP contribution >= 0.6 is 0 Å². The first-order valence-electron chi connectivity index (χ1n) is 10.3. The molecular formula is C25H24N2O3. The van der Waals surface area contributed by atoms with E-state index in [1.54, 1.807) is 0 Å². The fourth-order valence-electron chi connectivity index (χ4n) is 4.64. The predicted molar refractivity (Wildman–Crippen MR) is 114 cm³/mol. The Kier molecular flexibility index (Phi) is 4.46. The molecule has 1 aromatic heterocycles. The average Bonchev–Trinajstić information content (AvgIpc) is 3.35. The molecule has 0 N–H and O–H groups in total. The lowest BCUT2D eigenvalue weighted by Gasteiger charge is -2.30. The van der Waals surface area contributed by atoms with Crippen LogP contribution in [0.1, 0.15) is 40.3 Å². The van der Waals surface area contributed by atoms with Crippen molar-refractivity contribution in [2.75, 3.05) is 0 Å². The van der Waals surface area contributed by atoms with E-state index < -0.39 is 0 Å². The van der Waals surface area contributed by atoms with Crippen LogP contribution in [-0.2, 0) is 22.6 Å². The molecule has 1 saturated heterocycles. The smallest absolute Gasteiger partial charge is 0.334 e. The molecule has 2 aromatic carbocycles. The maximum Gasteiger partial charge on any atom is 0.334 e. The Bertz CT molecular complexity index is 1150. The summed E-state index contributed by atoms with van der Waals surface area (Å²) in [6.45, 7) is 8.53. The minimum Gasteiger partial charge on any atom is -0.488 e. The van der Waals surface area contributed by atoms with E-state index in [9.17, 15) is 4.79 Å². The molecule has 1 aliphatic heterocycles. The Balaban J connectivity index is 1.41. The van der Waals surface area contributed by atoms with Crippen molar-refractivity contribution in [1.29, 1.82) is 0 Å². The second-order valence-electron chi connectivity index (χ2n) is 8.12. The number of aryl methyl sites for hydroxylation is 1. The molecule has 2 aliphatic rings. The molecule has 3 aromatic rings. The lowest BCUT2D eigenvalue weighted by molar-refractivity contribution is -0.139. The molecule has 152 valence electrons. The normalized spacial score (nSPS) is 19.9. The molecule has 2 heterocycles. The van der Waals surface area contributed by atoms with Crippen LogP contribution in [0.5, 0.6) is 5.75 Å². The van der Waals surface area contributed by atoms with E-state index >= 15 is 0 Å². The van der Waals surface area contributed by atoms with Crippen LogP contribution in [0, 0.1) is 19.8 Å². The molecular weight excluding hydrogens is 376 g/mol. The number of carbonyl (C=O) groups is 1. The van der Waals surface area contributed by atoms with E-state index in [-0.39, 0.29) is 18.0 Å². The van der Waals surface area contributed by atoms with Crippen molar-refractivity contribution in [2.24, 2.45) is 5.92 Å². The van der Waals surface area contributed by atoms with Crippen molar-refractivity contribution < 1.29 is 14.3 Å². The van der Waals surface area contributed by atoms with Crippen molar-refractivity contribution in [2.45, 2.75) is 39.4 Å². The van der Waals surface area contributed by atoms with E-state index in [1.807, 2.05) is 47.4 Å². The van der Waals surface area contributed by atoms with E-state index in [4.69, 9.17) is 9.47 Å². The summed E-state index contributed by atoms with van der Waals surface area (Å²) in [6, 6.07) is 12.1. The molecule has 30 heavy (non-hydrogen) atoms. The second kappa shape index (κ2) is 7.17. The highest BCUT2D eigenvalue weighted by Gasteiger charge is 2.44. The van der Waals surface area contributed by atoms with E-state index in [0.717, 1.165) is 41.0 Å². The number of hydrogen-bond donors (Lipinski definition) is 0. The van der Waals surface area contributed by atoms with Gasteiger partial charge in [-0.05, 0) is 61.6 Å². The molecule has 0 spiro atoms. The van der Waals surface area contributed by atoms with Crippen LogP contribution in [0.3, 0.4) is 0 Å². The van der Waals surface area contributed by atoms with E-state index in [1.165, 1.54) is 11.1 Å². The summed E-state index contributed by atoms with van der Waals surface area (Å²) in [6.07, 6.45) is 5.41. The summed E-state index contributed by atoms with van der Waals surface area (Å²) in [5.41, 5.74) is 7.21. The minimum absolute atomic E-state index is 0.0717. The lowest BCUT2D eigenvalue weighted by Crippen LogP contribution is -2.20. The number of fused-ring (bicyclic) bond motifs is 3. The topological polar surface area (TPSA) is 53.4 Å². The Hall–Kier alpha value is -3.34. The van der Waals surface area contributed by atoms with Crippen molar-refractivity contribution in [3.63, 3.8) is 0 Å². The number of aromatic nitrogens is 2. The van der Waals surface area contributed by atoms with Gasteiger partial charge in [-0.1, -0.05) is 24.8 Å². The van der Waals surface area contributed by atoms with Crippen molar-refractivity contribution >= 4 is 5.97 Å². The van der Waals surface area contributed by atoms with Gasteiger partial charge in [-0.2, -0.15) is 5.10 Å². The third-order valence-electron chi connectivity index (χ3n) is 6.27. The zero-order chi connectivity index (χ0) is 20.8. The Morgan fingerprint density at radius 3 is 2.87 bits per heavy atom. The summed E-state index contributed by atoms with van der Waals surface area (Å²) in [5.74, 6) is 0.630. The maximum absolute atomic E-state index is 12.1. The molecule has 0 unspecified atom stereocenters. The van der Waals surface area contributed by atoms with Gasteiger partial charge in [0.2, 0.25) is 0 Å². The van der Waals surface area contributed by atoms with Gasteiger partial charge in [0.25, 0.3) is 0 Å². The highest BCUT2D eigenvalue weighted by Crippen LogP contribution is 2.49. The van der Waals surface area contributed by atoms with Gasteiger partial charge in [0.05, 0.1) is 11.9 Å². The average molecular weight is 400 g/mol. The standard InChI is InChI=1S/C25H24N2O3/c1-15-11-22(29-14-18-12-26-27(13-18)19-7-5-4-6-8-19)17(3)23-20(15)9-10-21-16(2)25(28)30-24(21)23/h4-8,11-13,21,24H,2,9-10,14H2,1,3H3/t21-,24+/m0/s1. The maximum atomic E-state index is 12.1. The minimum atomic E-state index is -0.269. The molecule has 1 fully saturated rings. The summed E-state index contributed by atoms with van der Waals surface area (Å²) >= 11 is 0. The number of para-hydroxylation sites is 1. The van der Waals surface area contributed by atoms with Crippen LogP contribution in [0.2, 0.25) is 0 Å². The number of esters is 1. The summed E-state index contributed by atoms with van der Waals surface area (Å²) < 4.78 is 13.8. The molecule has 1 aliphatic carbocycles. The third kappa shape index (κ3) is 3.02. The molecule has 5 rings (SSSR count). The van der Waals surface area contributed by atoms with Gasteiger partial charge in [-0.25, -0.2) is 9.48 Å². The fraction of sp³-hybridized carbons (Fsp3) is 0.280. The first-order chi connectivity index (χ1) is 14.5. The van der Waals surface area contributed by atoms with Gasteiger partial charge < -0.3 is 9.47 Å². The molecule has 0 radical (unpaired) electrons. The quantitative estimate of drug-likeness (QED) is 0.467. The summed E-state index contributed by atoms with van der Waals surface area (Å²) in [4.78, 5) is 12.1. The van der Waals surface area contributed by atoms with Crippen LogP contribution in [0.25, 0.3) is 5.69 Å². The highest BCUT2D eigenvalue weighted by molar-refractivity contribution is 5.91. The van der Waals surface area contributed by atoms with Crippen LogP contribution in [-0.4, -0.2) is 15.7 Å². The first-order valence-corrected chi connectivity index (χ1v) is 10.3. The monoisotopic (exact) mass is 400 g/mol. The van der Waals surface area contributed by atoms with Gasteiger partial charge in [0.1, 0.15) is 18.5 Å². The lowest BCUT2D eigenvalue weighted by atomic mass is 9.76. The van der Waals surface area contributed by atoms with Crippen molar-refractivity contribution in [1.82, 2.24) is 9.78 Å². The number of rotatable bonds is 4. The molecule has 5 heteroatoms. The Morgan fingerprint density at radius 2 is 2.07 bits per heavy atom. The van der Waals surface area contributed by atoms with Gasteiger partial charge in [0.15, 0.2) is 0 Å². The largest absolute Gasteiger partial charge is 0.488 e.